The van der Waals surface area contributed by atoms with E-state index in [1.165, 1.54) is 12.1 Å². The normalized spacial score (nSPS) is 14.0. The Morgan fingerprint density at radius 1 is 1.05 bits per heavy atom. The average Bonchev–Trinajstić information content (AvgIpc) is 3.29. The summed E-state index contributed by atoms with van der Waals surface area (Å²) < 4.78 is 42.3. The molecule has 0 spiro atoms. The first kappa shape index (κ1) is 28.0. The molecule has 1 heterocycles. The van der Waals surface area contributed by atoms with Gasteiger partial charge in [-0.25, -0.2) is 14.3 Å². The van der Waals surface area contributed by atoms with Crippen LogP contribution in [0.15, 0.2) is 54.7 Å². The average molecular weight is 560 g/mol. The summed E-state index contributed by atoms with van der Waals surface area (Å²) >= 11 is 11.9. The molecule has 3 atom stereocenters. The van der Waals surface area contributed by atoms with Gasteiger partial charge in [0.05, 0.1) is 11.6 Å². The maximum absolute atomic E-state index is 13.9. The molecule has 1 unspecified atom stereocenters. The number of aliphatic hydroxyl groups excluding tert-OH is 1. The molecule has 0 saturated heterocycles. The Kier molecular flexibility index (Phi) is 8.46. The number of carbonyl (C=O) groups is 3. The third-order valence-electron chi connectivity index (χ3n) is 5.36. The van der Waals surface area contributed by atoms with Crippen molar-refractivity contribution in [3.8, 4) is 0 Å². The Morgan fingerprint density at radius 3 is 2.32 bits per heavy atom. The number of aromatic nitrogens is 2. The quantitative estimate of drug-likeness (QED) is 0.313. The highest BCUT2D eigenvalue weighted by molar-refractivity contribution is 6.31. The number of nitrogens with zero attached hydrogens (tertiary/aromatic N) is 2. The first-order chi connectivity index (χ1) is 17.3. The molecule has 0 saturated carbocycles. The summed E-state index contributed by atoms with van der Waals surface area (Å²) in [5, 5.41) is 35.0. The number of nitrogens with one attached hydrogen (secondary N) is 1. The van der Waals surface area contributed by atoms with Crippen molar-refractivity contribution in [2.75, 3.05) is 0 Å². The molecule has 0 aliphatic heterocycles. The number of carbonyl (C=O) groups excluding carboxylic acids is 1. The zero-order valence-corrected chi connectivity index (χ0v) is 20.0. The number of carboxylic acid groups (broad SMARTS) is 2. The molecule has 4 N–H and O–H groups in total. The summed E-state index contributed by atoms with van der Waals surface area (Å²) in [5.74, 6) is -4.57. The van der Waals surface area contributed by atoms with Gasteiger partial charge in [-0.2, -0.15) is 18.3 Å². The number of benzene rings is 2. The van der Waals surface area contributed by atoms with E-state index in [9.17, 15) is 42.9 Å². The van der Waals surface area contributed by atoms with E-state index in [1.54, 1.807) is 12.1 Å². The minimum Gasteiger partial charge on any atom is -0.479 e. The van der Waals surface area contributed by atoms with Crippen molar-refractivity contribution in [3.63, 3.8) is 0 Å². The monoisotopic (exact) mass is 559 g/mol. The minimum atomic E-state index is -5.01. The predicted molar refractivity (Wildman–Crippen MR) is 125 cm³/mol. The minimum absolute atomic E-state index is 0.188. The van der Waals surface area contributed by atoms with Gasteiger partial charge in [-0.3, -0.25) is 4.79 Å². The molecule has 9 nitrogen and oxygen atoms in total. The van der Waals surface area contributed by atoms with Crippen LogP contribution in [0.2, 0.25) is 10.0 Å². The third-order valence-corrected chi connectivity index (χ3v) is 5.96. The molecule has 3 aromatic rings. The molecule has 0 bridgehead atoms. The fourth-order valence-electron chi connectivity index (χ4n) is 3.66. The molecule has 2 aromatic carbocycles. The van der Waals surface area contributed by atoms with Crippen LogP contribution in [0.4, 0.5) is 13.2 Å². The van der Waals surface area contributed by atoms with E-state index in [4.69, 9.17) is 23.2 Å². The topological polar surface area (TPSA) is 142 Å². The molecule has 37 heavy (non-hydrogen) atoms. The number of hydrogen-bond acceptors (Lipinski definition) is 5. The Labute approximate surface area is 217 Å². The van der Waals surface area contributed by atoms with Crippen LogP contribution in [0.25, 0.3) is 0 Å². The van der Waals surface area contributed by atoms with Gasteiger partial charge in [0.2, 0.25) is 5.91 Å². The van der Waals surface area contributed by atoms with Gasteiger partial charge >= 0.3 is 18.1 Å². The molecule has 3 rings (SSSR count). The third kappa shape index (κ3) is 6.40. The van der Waals surface area contributed by atoms with E-state index in [0.717, 1.165) is 24.4 Å². The van der Waals surface area contributed by atoms with Gasteiger partial charge in [-0.05, 0) is 41.8 Å². The van der Waals surface area contributed by atoms with Crippen LogP contribution in [0, 0.1) is 0 Å². The SMILES string of the molecule is O=C(O)c1ccnn1C(C(=O)N[C@H](Cc1ccccc1Cl)[C@@H](O)C(=O)O)c1ccc(Cl)cc1C(F)(F)F. The van der Waals surface area contributed by atoms with Crippen molar-refractivity contribution >= 4 is 41.0 Å². The molecule has 0 aliphatic carbocycles. The van der Waals surface area contributed by atoms with Crippen LogP contribution in [0.5, 0.6) is 0 Å². The molecule has 0 aliphatic rings. The molecule has 0 radical (unpaired) electrons. The second-order valence-corrected chi connectivity index (χ2v) is 8.64. The number of amides is 1. The number of hydrogen-bond donors (Lipinski definition) is 4. The molecule has 1 aromatic heterocycles. The lowest BCUT2D eigenvalue weighted by Crippen LogP contribution is -2.50. The summed E-state index contributed by atoms with van der Waals surface area (Å²) in [5.41, 5.74) is -2.33. The molecule has 1 amide bonds. The van der Waals surface area contributed by atoms with Gasteiger partial charge in [-0.15, -0.1) is 0 Å². The fourth-order valence-corrected chi connectivity index (χ4v) is 4.05. The lowest BCUT2D eigenvalue weighted by atomic mass is 9.96. The number of alkyl halides is 3. The lowest BCUT2D eigenvalue weighted by molar-refractivity contribution is -0.148. The van der Waals surface area contributed by atoms with E-state index in [-0.39, 0.29) is 16.5 Å². The van der Waals surface area contributed by atoms with E-state index >= 15 is 0 Å². The Bertz CT molecular complexity index is 1330. The molecular weight excluding hydrogens is 542 g/mol. The van der Waals surface area contributed by atoms with Crippen molar-refractivity contribution < 1.29 is 42.9 Å². The maximum Gasteiger partial charge on any atom is 0.416 e. The second kappa shape index (κ2) is 11.2. The first-order valence-electron chi connectivity index (χ1n) is 10.4. The highest BCUT2D eigenvalue weighted by Gasteiger charge is 2.40. The highest BCUT2D eigenvalue weighted by Crippen LogP contribution is 2.38. The molecular formula is C23H18Cl2F3N3O6. The molecule has 14 heteroatoms. The van der Waals surface area contributed by atoms with Crippen molar-refractivity contribution in [3.05, 3.63) is 87.2 Å². The van der Waals surface area contributed by atoms with Gasteiger partial charge in [0, 0.05) is 16.2 Å². The Hall–Kier alpha value is -3.61. The smallest absolute Gasteiger partial charge is 0.416 e. The van der Waals surface area contributed by atoms with Crippen molar-refractivity contribution in [2.45, 2.75) is 30.8 Å². The summed E-state index contributed by atoms with van der Waals surface area (Å²) in [4.78, 5) is 36.7. The number of aromatic carboxylic acids is 1. The Balaban J connectivity index is 2.14. The summed E-state index contributed by atoms with van der Waals surface area (Å²) in [6.45, 7) is 0. The highest BCUT2D eigenvalue weighted by atomic mass is 35.5. The predicted octanol–water partition coefficient (Wildman–Crippen LogP) is 3.67. The first-order valence-corrected chi connectivity index (χ1v) is 11.1. The van der Waals surface area contributed by atoms with Crippen LogP contribution >= 0.6 is 23.2 Å². The van der Waals surface area contributed by atoms with Crippen LogP contribution < -0.4 is 5.32 Å². The van der Waals surface area contributed by atoms with Crippen molar-refractivity contribution in [1.29, 1.82) is 0 Å². The zero-order chi connectivity index (χ0) is 27.5. The second-order valence-electron chi connectivity index (χ2n) is 7.79. The summed E-state index contributed by atoms with van der Waals surface area (Å²) in [6.07, 6.45) is -6.54. The van der Waals surface area contributed by atoms with Crippen LogP contribution in [-0.4, -0.2) is 55.1 Å². The Morgan fingerprint density at radius 2 is 1.73 bits per heavy atom. The summed E-state index contributed by atoms with van der Waals surface area (Å²) in [7, 11) is 0. The van der Waals surface area contributed by atoms with E-state index < -0.39 is 59.0 Å². The van der Waals surface area contributed by atoms with Crippen LogP contribution in [0.1, 0.15) is 33.2 Å². The summed E-state index contributed by atoms with van der Waals surface area (Å²) in [6, 6.07) is 6.04. The fraction of sp³-hybridized carbons (Fsp3) is 0.217. The number of aliphatic carboxylic acids is 1. The number of carboxylic acids is 2. The number of halogens is 5. The standard InChI is InChI=1S/C23H18Cl2F3N3O6/c24-12-5-6-13(14(10-12)23(26,27)28)18(31-17(21(34)35)7-8-29-31)20(33)30-16(19(32)22(36)37)9-11-3-1-2-4-15(11)25/h1-8,10,16,18-19,32H,9H2,(H,30,33)(H,34,35)(H,36,37)/t16-,18?,19-/m1/s1. The van der Waals surface area contributed by atoms with Gasteiger partial charge < -0.3 is 20.6 Å². The zero-order valence-electron chi connectivity index (χ0n) is 18.5. The number of rotatable bonds is 9. The lowest BCUT2D eigenvalue weighted by Gasteiger charge is -2.27. The van der Waals surface area contributed by atoms with Gasteiger partial charge in [0.25, 0.3) is 0 Å². The van der Waals surface area contributed by atoms with E-state index in [2.05, 4.69) is 10.4 Å². The number of aliphatic hydroxyl groups is 1. The van der Waals surface area contributed by atoms with Crippen LogP contribution in [-0.2, 0) is 22.2 Å². The molecule has 0 fully saturated rings. The van der Waals surface area contributed by atoms with Gasteiger partial charge in [0.1, 0.15) is 5.69 Å². The van der Waals surface area contributed by atoms with E-state index in [0.29, 0.717) is 16.3 Å². The van der Waals surface area contributed by atoms with Crippen molar-refractivity contribution in [1.82, 2.24) is 15.1 Å². The van der Waals surface area contributed by atoms with Gasteiger partial charge in [0.15, 0.2) is 12.1 Å². The van der Waals surface area contributed by atoms with Crippen molar-refractivity contribution in [2.24, 2.45) is 0 Å². The molecule has 196 valence electrons. The maximum atomic E-state index is 13.9. The van der Waals surface area contributed by atoms with E-state index in [1.807, 2.05) is 0 Å². The largest absolute Gasteiger partial charge is 0.479 e. The van der Waals surface area contributed by atoms with Crippen LogP contribution in [0.3, 0.4) is 0 Å². The van der Waals surface area contributed by atoms with Gasteiger partial charge in [-0.1, -0.05) is 47.5 Å².